The minimum Gasteiger partial charge on any atom is -0.402 e. The predicted octanol–water partition coefficient (Wildman–Crippen LogP) is 2.22. The standard InChI is InChI=1S/C11H22BNO2S/c1-10(2)11(3,4)15-12(14-10)9(13-16)8-6-5-7-8/h8-9,13,16H,5-7H2,1-4H3. The van der Waals surface area contributed by atoms with E-state index in [9.17, 15) is 0 Å². The van der Waals surface area contributed by atoms with E-state index < -0.39 is 0 Å². The molecule has 0 radical (unpaired) electrons. The van der Waals surface area contributed by atoms with Crippen LogP contribution >= 0.6 is 12.8 Å². The second-order valence-electron chi connectivity index (χ2n) is 5.97. The van der Waals surface area contributed by atoms with Gasteiger partial charge in [0, 0.05) is 0 Å². The molecule has 1 N–H and O–H groups in total. The summed E-state index contributed by atoms with van der Waals surface area (Å²) in [5.74, 6) is 0.852. The summed E-state index contributed by atoms with van der Waals surface area (Å²) >= 11 is 4.22. The SMILES string of the molecule is CC1(C)OB(C(NS)C2CCC2)OC1(C)C. The highest BCUT2D eigenvalue weighted by Crippen LogP contribution is 2.41. The fraction of sp³-hybridized carbons (Fsp3) is 1.00. The van der Waals surface area contributed by atoms with Crippen LogP contribution in [0.5, 0.6) is 0 Å². The van der Waals surface area contributed by atoms with E-state index in [0.717, 1.165) is 0 Å². The lowest BCUT2D eigenvalue weighted by Crippen LogP contribution is -2.49. The molecular weight excluding hydrogens is 221 g/mol. The predicted molar refractivity (Wildman–Crippen MR) is 69.3 cm³/mol. The Balaban J connectivity index is 2.06. The molecule has 0 bridgehead atoms. The Morgan fingerprint density at radius 1 is 1.19 bits per heavy atom. The number of nitrogens with one attached hydrogen (secondary N) is 1. The molecule has 0 aromatic heterocycles. The van der Waals surface area contributed by atoms with Gasteiger partial charge in [-0.1, -0.05) is 19.2 Å². The van der Waals surface area contributed by atoms with E-state index >= 15 is 0 Å². The van der Waals surface area contributed by atoms with E-state index in [1.54, 1.807) is 0 Å². The fourth-order valence-electron chi connectivity index (χ4n) is 2.22. The molecule has 1 saturated heterocycles. The lowest BCUT2D eigenvalue weighted by molar-refractivity contribution is 0.00578. The molecule has 1 aliphatic carbocycles. The van der Waals surface area contributed by atoms with E-state index in [0.29, 0.717) is 5.92 Å². The van der Waals surface area contributed by atoms with Crippen molar-refractivity contribution in [3.63, 3.8) is 0 Å². The Hall–Kier alpha value is 0.295. The van der Waals surface area contributed by atoms with Crippen molar-refractivity contribution in [2.75, 3.05) is 0 Å². The van der Waals surface area contributed by atoms with Crippen molar-refractivity contribution < 1.29 is 9.31 Å². The van der Waals surface area contributed by atoms with E-state index in [-0.39, 0.29) is 24.3 Å². The molecule has 1 saturated carbocycles. The normalized spacial score (nSPS) is 30.2. The summed E-state index contributed by atoms with van der Waals surface area (Å²) in [6.45, 7) is 8.35. The van der Waals surface area contributed by atoms with Crippen molar-refractivity contribution in [3.05, 3.63) is 0 Å². The Kier molecular flexibility index (Phi) is 3.34. The molecule has 2 rings (SSSR count). The van der Waals surface area contributed by atoms with Crippen LogP contribution in [-0.4, -0.2) is 24.3 Å². The van der Waals surface area contributed by atoms with Crippen LogP contribution in [0, 0.1) is 5.92 Å². The van der Waals surface area contributed by atoms with Gasteiger partial charge in [-0.05, 0) is 46.5 Å². The van der Waals surface area contributed by atoms with Gasteiger partial charge in [0.15, 0.2) is 0 Å². The van der Waals surface area contributed by atoms with Crippen molar-refractivity contribution in [2.24, 2.45) is 5.92 Å². The topological polar surface area (TPSA) is 30.5 Å². The zero-order valence-electron chi connectivity index (χ0n) is 10.6. The highest BCUT2D eigenvalue weighted by molar-refractivity contribution is 7.78. The number of hydrogen-bond donors (Lipinski definition) is 2. The van der Waals surface area contributed by atoms with Gasteiger partial charge in [-0.25, -0.2) is 0 Å². The lowest BCUT2D eigenvalue weighted by atomic mass is 9.64. The third-order valence-corrected chi connectivity index (χ3v) is 4.67. The molecule has 16 heavy (non-hydrogen) atoms. The van der Waals surface area contributed by atoms with Gasteiger partial charge in [0.05, 0.1) is 17.1 Å². The van der Waals surface area contributed by atoms with E-state index in [1.807, 2.05) is 0 Å². The molecule has 1 aliphatic heterocycles. The third-order valence-electron chi connectivity index (χ3n) is 4.37. The van der Waals surface area contributed by atoms with Crippen LogP contribution in [0.15, 0.2) is 0 Å². The van der Waals surface area contributed by atoms with Crippen molar-refractivity contribution in [1.29, 1.82) is 0 Å². The maximum Gasteiger partial charge on any atom is 0.477 e. The number of thiol groups is 1. The van der Waals surface area contributed by atoms with Crippen molar-refractivity contribution in [3.8, 4) is 0 Å². The van der Waals surface area contributed by atoms with Crippen LogP contribution in [0.4, 0.5) is 0 Å². The van der Waals surface area contributed by atoms with Crippen molar-refractivity contribution in [1.82, 2.24) is 4.72 Å². The molecule has 0 aromatic carbocycles. The first-order chi connectivity index (χ1) is 7.37. The van der Waals surface area contributed by atoms with Crippen molar-refractivity contribution in [2.45, 2.75) is 64.1 Å². The zero-order valence-corrected chi connectivity index (χ0v) is 11.5. The van der Waals surface area contributed by atoms with Gasteiger partial charge in [-0.15, -0.1) is 0 Å². The summed E-state index contributed by atoms with van der Waals surface area (Å²) < 4.78 is 15.1. The van der Waals surface area contributed by atoms with Crippen LogP contribution in [0.2, 0.25) is 0 Å². The van der Waals surface area contributed by atoms with Crippen LogP contribution in [0.1, 0.15) is 47.0 Å². The summed E-state index contributed by atoms with van der Waals surface area (Å²) in [6.07, 6.45) is 3.82. The molecule has 2 aliphatic rings. The van der Waals surface area contributed by atoms with Crippen LogP contribution in [0.3, 0.4) is 0 Å². The fourth-order valence-corrected chi connectivity index (χ4v) is 2.56. The average molecular weight is 243 g/mol. The molecule has 1 atom stereocenters. The van der Waals surface area contributed by atoms with Gasteiger partial charge >= 0.3 is 7.12 Å². The Morgan fingerprint density at radius 3 is 2.00 bits per heavy atom. The Labute approximate surface area is 104 Å². The summed E-state index contributed by atoms with van der Waals surface area (Å²) in [5.41, 5.74) is -0.491. The first-order valence-corrected chi connectivity index (χ1v) is 6.57. The highest BCUT2D eigenvalue weighted by Gasteiger charge is 2.55. The molecule has 92 valence electrons. The molecule has 0 amide bonds. The second-order valence-corrected chi connectivity index (χ2v) is 6.23. The number of rotatable bonds is 3. The van der Waals surface area contributed by atoms with Crippen LogP contribution < -0.4 is 4.72 Å². The van der Waals surface area contributed by atoms with E-state index in [1.165, 1.54) is 19.3 Å². The highest BCUT2D eigenvalue weighted by atomic mass is 32.1. The molecule has 2 fully saturated rings. The van der Waals surface area contributed by atoms with Gasteiger partial charge < -0.3 is 9.31 Å². The third kappa shape index (κ3) is 2.03. The molecule has 0 spiro atoms. The van der Waals surface area contributed by atoms with Gasteiger partial charge in [0.1, 0.15) is 0 Å². The van der Waals surface area contributed by atoms with Crippen LogP contribution in [0.25, 0.3) is 0 Å². The summed E-state index contributed by atoms with van der Waals surface area (Å²) in [4.78, 5) is 0. The molecule has 5 heteroatoms. The maximum atomic E-state index is 6.04. The summed E-state index contributed by atoms with van der Waals surface area (Å²) in [6, 6.07) is 0. The maximum absolute atomic E-state index is 6.04. The smallest absolute Gasteiger partial charge is 0.402 e. The first kappa shape index (κ1) is 12.7. The second kappa shape index (κ2) is 4.20. The molecule has 1 heterocycles. The molecule has 0 aromatic rings. The van der Waals surface area contributed by atoms with Gasteiger partial charge in [-0.2, -0.15) is 0 Å². The largest absolute Gasteiger partial charge is 0.477 e. The Morgan fingerprint density at radius 2 is 1.69 bits per heavy atom. The van der Waals surface area contributed by atoms with E-state index in [2.05, 4.69) is 45.2 Å². The van der Waals surface area contributed by atoms with Gasteiger partial charge in [0.25, 0.3) is 0 Å². The molecule has 3 nitrogen and oxygen atoms in total. The minimum absolute atomic E-state index is 0.173. The number of hydrogen-bond acceptors (Lipinski definition) is 4. The molecule has 1 unspecified atom stereocenters. The van der Waals surface area contributed by atoms with Gasteiger partial charge in [-0.3, -0.25) is 4.72 Å². The van der Waals surface area contributed by atoms with Crippen LogP contribution in [-0.2, 0) is 9.31 Å². The first-order valence-electron chi connectivity index (χ1n) is 6.13. The monoisotopic (exact) mass is 243 g/mol. The van der Waals surface area contributed by atoms with Crippen molar-refractivity contribution >= 4 is 19.9 Å². The lowest BCUT2D eigenvalue weighted by Gasteiger charge is -2.34. The zero-order chi connectivity index (χ0) is 12.0. The summed E-state index contributed by atoms with van der Waals surface area (Å²) in [5, 5.41) is 0. The molecular formula is C11H22BNO2S. The summed E-state index contributed by atoms with van der Waals surface area (Å²) in [7, 11) is -0.173. The quantitative estimate of drug-likeness (QED) is 0.588. The minimum atomic E-state index is -0.246. The van der Waals surface area contributed by atoms with Gasteiger partial charge in [0.2, 0.25) is 0 Å². The average Bonchev–Trinajstić information content (AvgIpc) is 2.28. The Bertz CT molecular complexity index is 253. The van der Waals surface area contributed by atoms with E-state index in [4.69, 9.17) is 9.31 Å².